The SMILES string of the molecule is CNc1ccc(Nc2ncc(F)c(Nc3ccc4cn[nH]c4c3)n2)cc1. The number of rotatable bonds is 5. The maximum Gasteiger partial charge on any atom is 0.229 e. The lowest BCUT2D eigenvalue weighted by atomic mass is 10.2. The molecule has 2 aromatic carbocycles. The second kappa shape index (κ2) is 6.67. The van der Waals surface area contributed by atoms with Crippen molar-refractivity contribution in [1.29, 1.82) is 0 Å². The van der Waals surface area contributed by atoms with E-state index >= 15 is 0 Å². The van der Waals surface area contributed by atoms with Crippen molar-refractivity contribution in [2.75, 3.05) is 23.0 Å². The molecule has 0 radical (unpaired) electrons. The second-order valence-corrected chi connectivity index (χ2v) is 5.64. The second-order valence-electron chi connectivity index (χ2n) is 5.64. The van der Waals surface area contributed by atoms with Crippen LogP contribution in [0.15, 0.2) is 54.9 Å². The van der Waals surface area contributed by atoms with Crippen LogP contribution in [-0.4, -0.2) is 27.2 Å². The highest BCUT2D eigenvalue weighted by molar-refractivity contribution is 5.82. The lowest BCUT2D eigenvalue weighted by Crippen LogP contribution is -2.03. The average Bonchev–Trinajstić information content (AvgIpc) is 3.13. The molecular formula is C18H16FN7. The van der Waals surface area contributed by atoms with Gasteiger partial charge in [-0.15, -0.1) is 0 Å². The zero-order valence-corrected chi connectivity index (χ0v) is 13.9. The Balaban J connectivity index is 1.56. The molecule has 0 aliphatic carbocycles. The molecule has 0 fully saturated rings. The van der Waals surface area contributed by atoms with Gasteiger partial charge in [-0.2, -0.15) is 10.1 Å². The Kier molecular flexibility index (Phi) is 4.06. The van der Waals surface area contributed by atoms with E-state index in [1.807, 2.05) is 49.5 Å². The van der Waals surface area contributed by atoms with Crippen LogP contribution in [0.25, 0.3) is 10.9 Å². The Morgan fingerprint density at radius 1 is 0.923 bits per heavy atom. The van der Waals surface area contributed by atoms with Gasteiger partial charge >= 0.3 is 0 Å². The smallest absolute Gasteiger partial charge is 0.229 e. The summed E-state index contributed by atoms with van der Waals surface area (Å²) >= 11 is 0. The monoisotopic (exact) mass is 349 g/mol. The van der Waals surface area contributed by atoms with E-state index in [0.717, 1.165) is 28.5 Å². The quantitative estimate of drug-likeness (QED) is 0.435. The highest BCUT2D eigenvalue weighted by Gasteiger charge is 2.09. The van der Waals surface area contributed by atoms with Crippen LogP contribution in [0, 0.1) is 5.82 Å². The van der Waals surface area contributed by atoms with E-state index in [4.69, 9.17) is 0 Å². The Bertz CT molecular complexity index is 1040. The number of aromatic nitrogens is 4. The van der Waals surface area contributed by atoms with E-state index in [0.29, 0.717) is 11.6 Å². The van der Waals surface area contributed by atoms with Crippen LogP contribution in [0.4, 0.5) is 33.2 Å². The summed E-state index contributed by atoms with van der Waals surface area (Å²) in [5.74, 6) is -0.146. The third kappa shape index (κ3) is 3.25. The van der Waals surface area contributed by atoms with Crippen LogP contribution >= 0.6 is 0 Å². The molecule has 130 valence electrons. The number of anilines is 5. The fraction of sp³-hybridized carbons (Fsp3) is 0.0556. The van der Waals surface area contributed by atoms with Crippen molar-refractivity contribution >= 4 is 39.7 Å². The first-order valence-corrected chi connectivity index (χ1v) is 7.99. The summed E-state index contributed by atoms with van der Waals surface area (Å²) < 4.78 is 14.1. The zero-order chi connectivity index (χ0) is 17.9. The molecule has 0 bridgehead atoms. The highest BCUT2D eigenvalue weighted by Crippen LogP contribution is 2.23. The van der Waals surface area contributed by atoms with Gasteiger partial charge in [-0.3, -0.25) is 5.10 Å². The molecule has 8 heteroatoms. The molecule has 26 heavy (non-hydrogen) atoms. The number of nitrogens with zero attached hydrogens (tertiary/aromatic N) is 3. The molecule has 4 N–H and O–H groups in total. The number of aromatic amines is 1. The molecule has 0 saturated carbocycles. The third-order valence-electron chi connectivity index (χ3n) is 3.88. The number of hydrogen-bond acceptors (Lipinski definition) is 6. The third-order valence-corrected chi connectivity index (χ3v) is 3.88. The summed E-state index contributed by atoms with van der Waals surface area (Å²) in [5, 5.41) is 16.9. The topological polar surface area (TPSA) is 90.5 Å². The van der Waals surface area contributed by atoms with E-state index in [-0.39, 0.29) is 5.82 Å². The number of fused-ring (bicyclic) bond motifs is 1. The van der Waals surface area contributed by atoms with Crippen molar-refractivity contribution in [3.05, 3.63) is 60.7 Å². The van der Waals surface area contributed by atoms with Gasteiger partial charge in [-0.05, 0) is 42.5 Å². The Hall–Kier alpha value is -3.68. The number of halogens is 1. The van der Waals surface area contributed by atoms with E-state index in [2.05, 4.69) is 36.1 Å². The van der Waals surface area contributed by atoms with Crippen molar-refractivity contribution in [2.45, 2.75) is 0 Å². The lowest BCUT2D eigenvalue weighted by Gasteiger charge is -2.10. The first-order chi connectivity index (χ1) is 12.7. The normalized spacial score (nSPS) is 10.7. The van der Waals surface area contributed by atoms with Gasteiger partial charge in [0.1, 0.15) is 0 Å². The zero-order valence-electron chi connectivity index (χ0n) is 13.9. The fourth-order valence-corrected chi connectivity index (χ4v) is 2.52. The van der Waals surface area contributed by atoms with E-state index in [1.165, 1.54) is 0 Å². The molecule has 2 aromatic heterocycles. The minimum Gasteiger partial charge on any atom is -0.388 e. The van der Waals surface area contributed by atoms with Crippen LogP contribution in [-0.2, 0) is 0 Å². The summed E-state index contributed by atoms with van der Waals surface area (Å²) in [6, 6.07) is 13.2. The minimum absolute atomic E-state index is 0.0909. The van der Waals surface area contributed by atoms with Gasteiger partial charge in [0.15, 0.2) is 11.6 Å². The van der Waals surface area contributed by atoms with Gasteiger partial charge in [-0.1, -0.05) is 0 Å². The Morgan fingerprint density at radius 2 is 1.69 bits per heavy atom. The molecule has 0 amide bonds. The average molecular weight is 349 g/mol. The summed E-state index contributed by atoms with van der Waals surface area (Å²) in [4.78, 5) is 8.21. The fourth-order valence-electron chi connectivity index (χ4n) is 2.52. The van der Waals surface area contributed by atoms with Crippen molar-refractivity contribution < 1.29 is 4.39 Å². The highest BCUT2D eigenvalue weighted by atomic mass is 19.1. The first kappa shape index (κ1) is 15.8. The van der Waals surface area contributed by atoms with E-state index < -0.39 is 5.82 Å². The van der Waals surface area contributed by atoms with Crippen molar-refractivity contribution in [3.63, 3.8) is 0 Å². The van der Waals surface area contributed by atoms with Gasteiger partial charge in [0.2, 0.25) is 5.95 Å². The van der Waals surface area contributed by atoms with Crippen LogP contribution < -0.4 is 16.0 Å². The maximum atomic E-state index is 14.1. The molecule has 0 spiro atoms. The Labute approximate surface area is 148 Å². The molecule has 0 aliphatic heterocycles. The van der Waals surface area contributed by atoms with E-state index in [9.17, 15) is 4.39 Å². The number of nitrogens with one attached hydrogen (secondary N) is 4. The maximum absolute atomic E-state index is 14.1. The predicted molar refractivity (Wildman–Crippen MR) is 101 cm³/mol. The molecule has 0 atom stereocenters. The van der Waals surface area contributed by atoms with Gasteiger partial charge in [-0.25, -0.2) is 9.37 Å². The summed E-state index contributed by atoms with van der Waals surface area (Å²) in [5.41, 5.74) is 3.35. The van der Waals surface area contributed by atoms with Crippen molar-refractivity contribution in [2.24, 2.45) is 0 Å². The molecule has 4 aromatic rings. The predicted octanol–water partition coefficient (Wildman–Crippen LogP) is 4.02. The van der Waals surface area contributed by atoms with Gasteiger partial charge < -0.3 is 16.0 Å². The van der Waals surface area contributed by atoms with Gasteiger partial charge in [0.25, 0.3) is 0 Å². The number of hydrogen-bond donors (Lipinski definition) is 4. The first-order valence-electron chi connectivity index (χ1n) is 7.99. The number of H-pyrrole nitrogens is 1. The van der Waals surface area contributed by atoms with Crippen LogP contribution in [0.3, 0.4) is 0 Å². The van der Waals surface area contributed by atoms with Crippen molar-refractivity contribution in [1.82, 2.24) is 20.2 Å². The Morgan fingerprint density at radius 3 is 2.50 bits per heavy atom. The summed E-state index contributed by atoms with van der Waals surface area (Å²) in [6.45, 7) is 0. The lowest BCUT2D eigenvalue weighted by molar-refractivity contribution is 0.619. The molecule has 4 rings (SSSR count). The number of benzene rings is 2. The van der Waals surface area contributed by atoms with Crippen LogP contribution in [0.5, 0.6) is 0 Å². The minimum atomic E-state index is -0.536. The molecule has 0 aliphatic rings. The van der Waals surface area contributed by atoms with Crippen molar-refractivity contribution in [3.8, 4) is 0 Å². The molecule has 0 unspecified atom stereocenters. The van der Waals surface area contributed by atoms with Crippen LogP contribution in [0.1, 0.15) is 0 Å². The molecular weight excluding hydrogens is 333 g/mol. The largest absolute Gasteiger partial charge is 0.388 e. The summed E-state index contributed by atoms with van der Waals surface area (Å²) in [7, 11) is 1.85. The van der Waals surface area contributed by atoms with Gasteiger partial charge in [0.05, 0.1) is 17.9 Å². The molecule has 7 nitrogen and oxygen atoms in total. The van der Waals surface area contributed by atoms with Crippen LogP contribution in [0.2, 0.25) is 0 Å². The molecule has 0 saturated heterocycles. The standard InChI is InChI=1S/C18H16FN7/c1-20-12-4-6-13(7-5-12)24-18-21-10-15(19)17(25-18)23-14-3-2-11-9-22-26-16(11)8-14/h2-10,20H,1H3,(H,22,26)(H2,21,23,24,25). The van der Waals surface area contributed by atoms with Gasteiger partial charge in [0, 0.05) is 29.5 Å². The summed E-state index contributed by atoms with van der Waals surface area (Å²) in [6.07, 6.45) is 2.86. The molecule has 2 heterocycles. The van der Waals surface area contributed by atoms with E-state index in [1.54, 1.807) is 6.20 Å².